The summed E-state index contributed by atoms with van der Waals surface area (Å²) in [5, 5.41) is 8.97. The second-order valence-corrected chi connectivity index (χ2v) is 4.31. The molecule has 0 atom stereocenters. The Hall–Kier alpha value is -2.07. The molecule has 0 radical (unpaired) electrons. The predicted octanol–water partition coefficient (Wildman–Crippen LogP) is 2.99. The summed E-state index contributed by atoms with van der Waals surface area (Å²) in [6.07, 6.45) is 0. The number of aromatic carboxylic acids is 1. The van der Waals surface area contributed by atoms with Gasteiger partial charge in [-0.25, -0.2) is 9.78 Å². The normalized spacial score (nSPS) is 10.3. The summed E-state index contributed by atoms with van der Waals surface area (Å²) >= 11 is 5.80. The van der Waals surface area contributed by atoms with Gasteiger partial charge in [-0.15, -0.1) is 0 Å². The smallest absolute Gasteiger partial charge is 0.356 e. The number of hydrogen-bond acceptors (Lipinski definition) is 3. The van der Waals surface area contributed by atoms with Crippen LogP contribution in [-0.2, 0) is 0 Å². The van der Waals surface area contributed by atoms with E-state index in [9.17, 15) is 4.79 Å². The first kappa shape index (κ1) is 12.4. The predicted molar refractivity (Wildman–Crippen MR) is 70.8 cm³/mol. The second kappa shape index (κ2) is 4.66. The third-order valence-corrected chi connectivity index (χ3v) is 2.93. The highest BCUT2D eigenvalue weighted by atomic mass is 35.5. The van der Waals surface area contributed by atoms with Gasteiger partial charge in [-0.2, -0.15) is 0 Å². The Kier molecular flexibility index (Phi) is 3.21. The van der Waals surface area contributed by atoms with E-state index in [0.29, 0.717) is 5.69 Å². The van der Waals surface area contributed by atoms with Gasteiger partial charge in [-0.1, -0.05) is 41.4 Å². The number of nitrogen functional groups attached to an aromatic ring is 1. The molecule has 1 heterocycles. The maximum atomic E-state index is 11.0. The zero-order chi connectivity index (χ0) is 13.3. The highest BCUT2D eigenvalue weighted by molar-refractivity contribution is 6.35. The van der Waals surface area contributed by atoms with Crippen LogP contribution in [0.15, 0.2) is 30.3 Å². The van der Waals surface area contributed by atoms with Gasteiger partial charge in [-0.3, -0.25) is 0 Å². The lowest BCUT2D eigenvalue weighted by Crippen LogP contribution is -2.05. The minimum Gasteiger partial charge on any atom is -0.476 e. The summed E-state index contributed by atoms with van der Waals surface area (Å²) in [6, 6.07) is 9.12. The molecule has 2 rings (SSSR count). The van der Waals surface area contributed by atoms with Crippen LogP contribution >= 0.6 is 11.6 Å². The quantitative estimate of drug-likeness (QED) is 0.872. The van der Waals surface area contributed by atoms with Gasteiger partial charge in [0.2, 0.25) is 0 Å². The zero-order valence-electron chi connectivity index (χ0n) is 9.64. The van der Waals surface area contributed by atoms with Crippen molar-refractivity contribution in [1.29, 1.82) is 0 Å². The van der Waals surface area contributed by atoms with Crippen LogP contribution in [0, 0.1) is 6.92 Å². The summed E-state index contributed by atoms with van der Waals surface area (Å²) < 4.78 is 0. The van der Waals surface area contributed by atoms with Gasteiger partial charge >= 0.3 is 5.97 Å². The lowest BCUT2D eigenvalue weighted by Gasteiger charge is -2.07. The van der Waals surface area contributed by atoms with Gasteiger partial charge in [0.15, 0.2) is 5.69 Å². The van der Waals surface area contributed by atoms with Crippen molar-refractivity contribution in [2.45, 2.75) is 6.92 Å². The molecule has 0 spiro atoms. The Morgan fingerprint density at radius 3 is 2.50 bits per heavy atom. The number of benzene rings is 1. The van der Waals surface area contributed by atoms with Crippen molar-refractivity contribution in [3.05, 3.63) is 46.6 Å². The minimum atomic E-state index is -1.19. The number of hydrogen-bond donors (Lipinski definition) is 2. The molecular weight excluding hydrogens is 252 g/mol. The average Bonchev–Trinajstić information content (AvgIpc) is 2.33. The second-order valence-electron chi connectivity index (χ2n) is 3.93. The zero-order valence-corrected chi connectivity index (χ0v) is 10.4. The van der Waals surface area contributed by atoms with E-state index in [4.69, 9.17) is 22.4 Å². The number of aromatic nitrogens is 1. The fourth-order valence-corrected chi connectivity index (χ4v) is 1.74. The number of carbonyl (C=O) groups is 1. The number of carboxylic acids is 1. The van der Waals surface area contributed by atoms with Crippen molar-refractivity contribution in [3.8, 4) is 11.3 Å². The van der Waals surface area contributed by atoms with Gasteiger partial charge < -0.3 is 10.8 Å². The first-order chi connectivity index (χ1) is 8.49. The SMILES string of the molecule is Cc1ccc(-c2cc(N)c(Cl)c(C(=O)O)n2)cc1. The molecule has 1 aromatic carbocycles. The molecule has 0 aliphatic rings. The largest absolute Gasteiger partial charge is 0.476 e. The van der Waals surface area contributed by atoms with E-state index in [1.165, 1.54) is 0 Å². The van der Waals surface area contributed by atoms with E-state index >= 15 is 0 Å². The van der Waals surface area contributed by atoms with Crippen LogP contribution in [0.5, 0.6) is 0 Å². The Bertz CT molecular complexity index is 609. The Balaban J connectivity index is 2.59. The fourth-order valence-electron chi connectivity index (χ4n) is 1.56. The molecular formula is C13H11ClN2O2. The van der Waals surface area contributed by atoms with E-state index in [2.05, 4.69) is 4.98 Å². The van der Waals surface area contributed by atoms with E-state index in [1.807, 2.05) is 31.2 Å². The van der Waals surface area contributed by atoms with Crippen LogP contribution < -0.4 is 5.73 Å². The molecule has 1 aromatic heterocycles. The average molecular weight is 263 g/mol. The molecule has 0 fully saturated rings. The number of anilines is 1. The Labute approximate surface area is 109 Å². The molecule has 4 nitrogen and oxygen atoms in total. The van der Waals surface area contributed by atoms with Crippen molar-refractivity contribution in [2.75, 3.05) is 5.73 Å². The minimum absolute atomic E-state index is 0.0293. The van der Waals surface area contributed by atoms with Crippen molar-refractivity contribution in [2.24, 2.45) is 0 Å². The van der Waals surface area contributed by atoms with Crippen molar-refractivity contribution >= 4 is 23.3 Å². The molecule has 0 amide bonds. The highest BCUT2D eigenvalue weighted by Gasteiger charge is 2.15. The van der Waals surface area contributed by atoms with E-state index in [-0.39, 0.29) is 16.4 Å². The summed E-state index contributed by atoms with van der Waals surface area (Å²) in [7, 11) is 0. The molecule has 18 heavy (non-hydrogen) atoms. The number of nitrogens with zero attached hydrogens (tertiary/aromatic N) is 1. The number of rotatable bonds is 2. The Morgan fingerprint density at radius 2 is 1.94 bits per heavy atom. The van der Waals surface area contributed by atoms with Crippen LogP contribution in [0.25, 0.3) is 11.3 Å². The first-order valence-corrected chi connectivity index (χ1v) is 5.63. The van der Waals surface area contributed by atoms with Crippen LogP contribution in [0.1, 0.15) is 16.1 Å². The molecule has 0 saturated carbocycles. The summed E-state index contributed by atoms with van der Waals surface area (Å²) in [5.74, 6) is -1.19. The van der Waals surface area contributed by atoms with E-state index in [1.54, 1.807) is 6.07 Å². The van der Waals surface area contributed by atoms with Crippen molar-refractivity contribution in [3.63, 3.8) is 0 Å². The molecule has 0 aliphatic carbocycles. The lowest BCUT2D eigenvalue weighted by atomic mass is 10.1. The van der Waals surface area contributed by atoms with Crippen LogP contribution in [0.4, 0.5) is 5.69 Å². The summed E-state index contributed by atoms with van der Waals surface area (Å²) in [6.45, 7) is 1.97. The third-order valence-electron chi connectivity index (χ3n) is 2.54. The molecule has 5 heteroatoms. The van der Waals surface area contributed by atoms with Crippen LogP contribution in [0.2, 0.25) is 5.02 Å². The molecule has 0 unspecified atom stereocenters. The molecule has 0 bridgehead atoms. The Morgan fingerprint density at radius 1 is 1.33 bits per heavy atom. The summed E-state index contributed by atoms with van der Waals surface area (Å²) in [5.41, 5.74) is 8.07. The number of halogens is 1. The fraction of sp³-hybridized carbons (Fsp3) is 0.0769. The maximum absolute atomic E-state index is 11.0. The monoisotopic (exact) mass is 262 g/mol. The van der Waals surface area contributed by atoms with Gasteiger partial charge in [0.1, 0.15) is 0 Å². The molecule has 0 aliphatic heterocycles. The van der Waals surface area contributed by atoms with Gasteiger partial charge in [0, 0.05) is 5.56 Å². The van der Waals surface area contributed by atoms with Crippen molar-refractivity contribution < 1.29 is 9.90 Å². The number of aryl methyl sites for hydroxylation is 1. The number of pyridine rings is 1. The highest BCUT2D eigenvalue weighted by Crippen LogP contribution is 2.28. The van der Waals surface area contributed by atoms with Crippen LogP contribution in [0.3, 0.4) is 0 Å². The molecule has 92 valence electrons. The number of nitrogens with two attached hydrogens (primary N) is 1. The summed E-state index contributed by atoms with van der Waals surface area (Å²) in [4.78, 5) is 15.0. The molecule has 2 aromatic rings. The van der Waals surface area contributed by atoms with Crippen molar-refractivity contribution in [1.82, 2.24) is 4.98 Å². The van der Waals surface area contributed by atoms with E-state index < -0.39 is 5.97 Å². The van der Waals surface area contributed by atoms with Gasteiger partial charge in [-0.05, 0) is 13.0 Å². The maximum Gasteiger partial charge on any atom is 0.356 e. The molecule has 0 saturated heterocycles. The topological polar surface area (TPSA) is 76.2 Å². The first-order valence-electron chi connectivity index (χ1n) is 5.25. The standard InChI is InChI=1S/C13H11ClN2O2/c1-7-2-4-8(5-3-7)10-6-9(15)11(14)12(16-10)13(17)18/h2-6H,1H3,(H2,15,16)(H,17,18). The van der Waals surface area contributed by atoms with Gasteiger partial charge in [0.25, 0.3) is 0 Å². The van der Waals surface area contributed by atoms with E-state index in [0.717, 1.165) is 11.1 Å². The molecule has 3 N–H and O–H groups in total. The third kappa shape index (κ3) is 2.28. The lowest BCUT2D eigenvalue weighted by molar-refractivity contribution is 0.0691. The van der Waals surface area contributed by atoms with Gasteiger partial charge in [0.05, 0.1) is 16.4 Å². The van der Waals surface area contributed by atoms with Crippen LogP contribution in [-0.4, -0.2) is 16.1 Å². The number of carboxylic acid groups (broad SMARTS) is 1.